The molecule has 0 radical (unpaired) electrons. The number of aryl methyl sites for hydroxylation is 1. The summed E-state index contributed by atoms with van der Waals surface area (Å²) in [6.07, 6.45) is 6.13. The lowest BCUT2D eigenvalue weighted by atomic mass is 9.79. The van der Waals surface area contributed by atoms with Crippen molar-refractivity contribution in [2.45, 2.75) is 24.9 Å². The highest BCUT2D eigenvalue weighted by Gasteiger charge is 2.34. The number of hydrogen-bond acceptors (Lipinski definition) is 6. The third-order valence-electron chi connectivity index (χ3n) is 4.59. The fraction of sp³-hybridized carbons (Fsp3) is 0.278. The lowest BCUT2D eigenvalue weighted by Crippen LogP contribution is -2.37. The summed E-state index contributed by atoms with van der Waals surface area (Å²) in [7, 11) is 0. The first kappa shape index (κ1) is 15.6. The highest BCUT2D eigenvalue weighted by atomic mass is 16.3. The first-order chi connectivity index (χ1) is 12.1. The molecular weight excluding hydrogens is 316 g/mol. The van der Waals surface area contributed by atoms with Crippen LogP contribution in [0.25, 0.3) is 5.82 Å². The minimum Gasteiger partial charge on any atom is -0.383 e. The van der Waals surface area contributed by atoms with Crippen LogP contribution in [-0.2, 0) is 12.0 Å². The molecule has 0 unspecified atom stereocenters. The Hall–Kier alpha value is -2.93. The van der Waals surface area contributed by atoms with Crippen molar-refractivity contribution in [3.63, 3.8) is 0 Å². The SMILES string of the molecule is Nc1nc(NC[C@]2(O)CCCc3ccccc32)cc(-n2cccn2)n1. The van der Waals surface area contributed by atoms with Gasteiger partial charge in [-0.2, -0.15) is 15.1 Å². The van der Waals surface area contributed by atoms with Crippen LogP contribution in [0.2, 0.25) is 0 Å². The predicted molar refractivity (Wildman–Crippen MR) is 95.3 cm³/mol. The van der Waals surface area contributed by atoms with Crippen molar-refractivity contribution in [1.82, 2.24) is 19.7 Å². The van der Waals surface area contributed by atoms with Crippen LogP contribution in [0.5, 0.6) is 0 Å². The number of anilines is 2. The van der Waals surface area contributed by atoms with Crippen molar-refractivity contribution < 1.29 is 5.11 Å². The third kappa shape index (κ3) is 3.06. The Labute approximate surface area is 145 Å². The summed E-state index contributed by atoms with van der Waals surface area (Å²) >= 11 is 0. The molecule has 0 saturated carbocycles. The van der Waals surface area contributed by atoms with Crippen LogP contribution < -0.4 is 11.1 Å². The second-order valence-electron chi connectivity index (χ2n) is 6.32. The van der Waals surface area contributed by atoms with E-state index in [1.807, 2.05) is 24.3 Å². The van der Waals surface area contributed by atoms with Gasteiger partial charge in [0.1, 0.15) is 11.4 Å². The van der Waals surface area contributed by atoms with E-state index in [1.165, 1.54) is 5.56 Å². The van der Waals surface area contributed by atoms with Crippen LogP contribution in [0.15, 0.2) is 48.8 Å². The van der Waals surface area contributed by atoms with Gasteiger partial charge in [0, 0.05) is 25.0 Å². The third-order valence-corrected chi connectivity index (χ3v) is 4.59. The van der Waals surface area contributed by atoms with Crippen molar-refractivity contribution in [3.8, 4) is 5.82 Å². The Morgan fingerprint density at radius 2 is 2.12 bits per heavy atom. The number of aromatic nitrogens is 4. The van der Waals surface area contributed by atoms with Crippen LogP contribution in [0.1, 0.15) is 24.0 Å². The minimum absolute atomic E-state index is 0.159. The molecule has 2 aromatic heterocycles. The number of rotatable bonds is 4. The Morgan fingerprint density at radius 1 is 1.24 bits per heavy atom. The standard InChI is InChI=1S/C18H20N6O/c19-17-22-15(11-16(23-17)24-10-4-9-21-24)20-12-18(25)8-3-6-13-5-1-2-7-14(13)18/h1-2,4-5,7,9-11,25H,3,6,8,12H2,(H3,19,20,22,23)/t18-/m1/s1. The molecule has 0 bridgehead atoms. The average Bonchev–Trinajstić information content (AvgIpc) is 3.15. The molecule has 7 nitrogen and oxygen atoms in total. The van der Waals surface area contributed by atoms with Crippen molar-refractivity contribution in [1.29, 1.82) is 0 Å². The number of nitrogens with two attached hydrogens (primary N) is 1. The zero-order valence-corrected chi connectivity index (χ0v) is 13.8. The van der Waals surface area contributed by atoms with E-state index in [4.69, 9.17) is 5.73 Å². The molecule has 7 heteroatoms. The molecule has 2 heterocycles. The van der Waals surface area contributed by atoms with E-state index in [1.54, 1.807) is 23.1 Å². The lowest BCUT2D eigenvalue weighted by molar-refractivity contribution is 0.0322. The number of nitrogens with one attached hydrogen (secondary N) is 1. The summed E-state index contributed by atoms with van der Waals surface area (Å²) in [5, 5.41) is 18.5. The molecular formula is C18H20N6O. The van der Waals surface area contributed by atoms with Crippen LogP contribution in [0.3, 0.4) is 0 Å². The monoisotopic (exact) mass is 336 g/mol. The highest BCUT2D eigenvalue weighted by molar-refractivity contribution is 5.46. The Kier molecular flexibility index (Phi) is 3.85. The predicted octanol–water partition coefficient (Wildman–Crippen LogP) is 1.88. The minimum atomic E-state index is -0.916. The molecule has 4 N–H and O–H groups in total. The normalized spacial score (nSPS) is 19.4. The zero-order chi connectivity index (χ0) is 17.3. The molecule has 3 aromatic rings. The Morgan fingerprint density at radius 3 is 2.96 bits per heavy atom. The van der Waals surface area contributed by atoms with E-state index >= 15 is 0 Å². The number of fused-ring (bicyclic) bond motifs is 1. The maximum absolute atomic E-state index is 11.2. The average molecular weight is 336 g/mol. The second-order valence-corrected chi connectivity index (χ2v) is 6.32. The number of benzene rings is 1. The van der Waals surface area contributed by atoms with Gasteiger partial charge < -0.3 is 16.2 Å². The largest absolute Gasteiger partial charge is 0.383 e. The van der Waals surface area contributed by atoms with Gasteiger partial charge in [0.25, 0.3) is 0 Å². The van der Waals surface area contributed by atoms with Gasteiger partial charge >= 0.3 is 0 Å². The topological polar surface area (TPSA) is 102 Å². The van der Waals surface area contributed by atoms with Gasteiger partial charge in [0.15, 0.2) is 5.82 Å². The quantitative estimate of drug-likeness (QED) is 0.672. The van der Waals surface area contributed by atoms with Crippen molar-refractivity contribution in [2.75, 3.05) is 17.6 Å². The summed E-state index contributed by atoms with van der Waals surface area (Å²) in [5.74, 6) is 1.30. The maximum atomic E-state index is 11.2. The first-order valence-electron chi connectivity index (χ1n) is 8.33. The van der Waals surface area contributed by atoms with Crippen LogP contribution >= 0.6 is 0 Å². The summed E-state index contributed by atoms with van der Waals surface area (Å²) in [5.41, 5.74) is 7.10. The number of hydrogen-bond donors (Lipinski definition) is 3. The summed E-state index contributed by atoms with van der Waals surface area (Å²) in [6, 6.07) is 11.6. The van der Waals surface area contributed by atoms with Crippen LogP contribution in [0.4, 0.5) is 11.8 Å². The fourth-order valence-corrected chi connectivity index (χ4v) is 3.38. The molecule has 1 aromatic carbocycles. The van der Waals surface area contributed by atoms with Gasteiger partial charge in [-0.15, -0.1) is 0 Å². The number of nitrogen functional groups attached to an aromatic ring is 1. The van der Waals surface area contributed by atoms with Gasteiger partial charge in [0.05, 0.1) is 0 Å². The van der Waals surface area contributed by atoms with Gasteiger partial charge in [-0.05, 0) is 36.5 Å². The first-order valence-corrected chi connectivity index (χ1v) is 8.33. The molecule has 0 spiro atoms. The smallest absolute Gasteiger partial charge is 0.224 e. The molecule has 25 heavy (non-hydrogen) atoms. The number of nitrogens with zero attached hydrogens (tertiary/aromatic N) is 4. The van der Waals surface area contributed by atoms with Crippen molar-refractivity contribution >= 4 is 11.8 Å². The molecule has 0 amide bonds. The van der Waals surface area contributed by atoms with Crippen molar-refractivity contribution in [3.05, 3.63) is 59.9 Å². The molecule has 1 atom stereocenters. The van der Waals surface area contributed by atoms with E-state index < -0.39 is 5.60 Å². The van der Waals surface area contributed by atoms with Gasteiger partial charge in [0.2, 0.25) is 5.95 Å². The Bertz CT molecular complexity index is 879. The van der Waals surface area contributed by atoms with E-state index in [0.29, 0.717) is 24.6 Å². The molecule has 0 fully saturated rings. The van der Waals surface area contributed by atoms with Crippen molar-refractivity contribution in [2.24, 2.45) is 0 Å². The van der Waals surface area contributed by atoms with Crippen LogP contribution in [-0.4, -0.2) is 31.4 Å². The maximum Gasteiger partial charge on any atom is 0.224 e. The molecule has 1 aliphatic rings. The van der Waals surface area contributed by atoms with Crippen LogP contribution in [0, 0.1) is 0 Å². The molecule has 128 valence electrons. The van der Waals surface area contributed by atoms with Gasteiger partial charge in [-0.1, -0.05) is 24.3 Å². The lowest BCUT2D eigenvalue weighted by Gasteiger charge is -2.34. The number of aliphatic hydroxyl groups is 1. The summed E-state index contributed by atoms with van der Waals surface area (Å²) in [4.78, 5) is 8.41. The van der Waals surface area contributed by atoms with E-state index in [-0.39, 0.29) is 5.95 Å². The zero-order valence-electron chi connectivity index (χ0n) is 13.8. The Balaban J connectivity index is 1.58. The molecule has 0 aliphatic heterocycles. The summed E-state index contributed by atoms with van der Waals surface area (Å²) < 4.78 is 1.62. The van der Waals surface area contributed by atoms with E-state index in [0.717, 1.165) is 18.4 Å². The molecule has 4 rings (SSSR count). The van der Waals surface area contributed by atoms with E-state index in [2.05, 4.69) is 26.4 Å². The van der Waals surface area contributed by atoms with Gasteiger partial charge in [-0.3, -0.25) is 0 Å². The highest BCUT2D eigenvalue weighted by Crippen LogP contribution is 2.35. The van der Waals surface area contributed by atoms with E-state index in [9.17, 15) is 5.11 Å². The summed E-state index contributed by atoms with van der Waals surface area (Å²) in [6.45, 7) is 0.360. The van der Waals surface area contributed by atoms with Gasteiger partial charge in [-0.25, -0.2) is 4.68 Å². The molecule has 1 aliphatic carbocycles. The molecule has 0 saturated heterocycles. The fourth-order valence-electron chi connectivity index (χ4n) is 3.38. The second kappa shape index (κ2) is 6.18.